The monoisotopic (exact) mass is 313 g/mol. The molecule has 0 saturated heterocycles. The van der Waals surface area contributed by atoms with E-state index in [2.05, 4.69) is 31.3 Å². The third kappa shape index (κ3) is 4.08. The predicted octanol–water partition coefficient (Wildman–Crippen LogP) is 4.38. The zero-order valence-corrected chi connectivity index (χ0v) is 14.0. The standard InChI is InChI=1S/C14H13N5S.C2H6/c1-9-5-11(12-7-17-10(2)20-12)18-13(6-9)19-14-8-15-3-4-16-14;1-2/h3-8H,1-2H3,(H,16,18,19);1-2H3. The van der Waals surface area contributed by atoms with Gasteiger partial charge in [-0.15, -0.1) is 11.3 Å². The van der Waals surface area contributed by atoms with Crippen LogP contribution in [0.1, 0.15) is 24.4 Å². The van der Waals surface area contributed by atoms with Crippen LogP contribution in [0.4, 0.5) is 11.6 Å². The summed E-state index contributed by atoms with van der Waals surface area (Å²) in [5, 5.41) is 4.20. The largest absolute Gasteiger partial charge is 0.324 e. The van der Waals surface area contributed by atoms with Crippen LogP contribution in [0.2, 0.25) is 0 Å². The number of aryl methyl sites for hydroxylation is 2. The second-order valence-corrected chi connectivity index (χ2v) is 5.61. The molecule has 0 spiro atoms. The lowest BCUT2D eigenvalue weighted by atomic mass is 10.2. The normalized spacial score (nSPS) is 9.82. The molecule has 3 aromatic rings. The molecule has 114 valence electrons. The van der Waals surface area contributed by atoms with Crippen LogP contribution in [-0.4, -0.2) is 19.9 Å². The Kier molecular flexibility index (Phi) is 5.55. The Hall–Kier alpha value is -2.34. The SMILES string of the molecule is CC.Cc1cc(Nc2cnccn2)nc(-c2cnc(C)s2)c1. The van der Waals surface area contributed by atoms with Gasteiger partial charge in [0.1, 0.15) is 11.6 Å². The molecule has 6 heteroatoms. The van der Waals surface area contributed by atoms with Gasteiger partial charge in [-0.3, -0.25) is 4.98 Å². The van der Waals surface area contributed by atoms with E-state index in [4.69, 9.17) is 0 Å². The maximum absolute atomic E-state index is 4.60. The van der Waals surface area contributed by atoms with Crippen LogP contribution in [0.5, 0.6) is 0 Å². The van der Waals surface area contributed by atoms with Gasteiger partial charge in [0.05, 0.1) is 21.8 Å². The summed E-state index contributed by atoms with van der Waals surface area (Å²) < 4.78 is 0. The van der Waals surface area contributed by atoms with E-state index in [1.54, 1.807) is 29.9 Å². The van der Waals surface area contributed by atoms with E-state index < -0.39 is 0 Å². The number of rotatable bonds is 3. The smallest absolute Gasteiger partial charge is 0.150 e. The fourth-order valence-electron chi connectivity index (χ4n) is 1.83. The molecule has 0 radical (unpaired) electrons. The Balaban J connectivity index is 0.000000847. The minimum absolute atomic E-state index is 0.678. The molecule has 0 aromatic carbocycles. The van der Waals surface area contributed by atoms with Gasteiger partial charge in [-0.25, -0.2) is 15.0 Å². The summed E-state index contributed by atoms with van der Waals surface area (Å²) in [6, 6.07) is 4.03. The first-order valence-electron chi connectivity index (χ1n) is 7.15. The van der Waals surface area contributed by atoms with E-state index in [0.717, 1.165) is 27.0 Å². The van der Waals surface area contributed by atoms with Crippen LogP contribution in [-0.2, 0) is 0 Å². The van der Waals surface area contributed by atoms with Gasteiger partial charge in [0, 0.05) is 18.6 Å². The molecule has 0 saturated carbocycles. The molecular formula is C16H19N5S. The fraction of sp³-hybridized carbons (Fsp3) is 0.250. The highest BCUT2D eigenvalue weighted by Gasteiger charge is 2.07. The summed E-state index contributed by atoms with van der Waals surface area (Å²) in [4.78, 5) is 18.2. The first-order valence-corrected chi connectivity index (χ1v) is 7.97. The van der Waals surface area contributed by atoms with Crippen LogP contribution in [0.15, 0.2) is 36.9 Å². The number of anilines is 2. The lowest BCUT2D eigenvalue weighted by Gasteiger charge is -2.07. The Morgan fingerprint density at radius 2 is 1.77 bits per heavy atom. The number of hydrogen-bond acceptors (Lipinski definition) is 6. The highest BCUT2D eigenvalue weighted by molar-refractivity contribution is 7.15. The average Bonchev–Trinajstić information content (AvgIpc) is 2.96. The molecule has 3 heterocycles. The molecule has 0 aliphatic rings. The Labute approximate surface area is 134 Å². The van der Waals surface area contributed by atoms with Crippen LogP contribution < -0.4 is 5.32 Å². The zero-order valence-electron chi connectivity index (χ0n) is 13.2. The molecule has 0 atom stereocenters. The lowest BCUT2D eigenvalue weighted by Crippen LogP contribution is -1.97. The van der Waals surface area contributed by atoms with Crippen molar-refractivity contribution in [1.29, 1.82) is 0 Å². The molecule has 0 amide bonds. The van der Waals surface area contributed by atoms with Gasteiger partial charge in [0.2, 0.25) is 0 Å². The third-order valence-electron chi connectivity index (χ3n) is 2.66. The maximum atomic E-state index is 4.60. The Morgan fingerprint density at radius 1 is 0.955 bits per heavy atom. The Bertz CT molecular complexity index is 724. The van der Waals surface area contributed by atoms with E-state index in [0.29, 0.717) is 5.82 Å². The summed E-state index contributed by atoms with van der Waals surface area (Å²) >= 11 is 1.64. The molecule has 0 fully saturated rings. The van der Waals surface area contributed by atoms with E-state index in [-0.39, 0.29) is 0 Å². The average molecular weight is 313 g/mol. The van der Waals surface area contributed by atoms with Crippen molar-refractivity contribution in [2.45, 2.75) is 27.7 Å². The third-order valence-corrected chi connectivity index (χ3v) is 3.60. The second kappa shape index (κ2) is 7.61. The van der Waals surface area contributed by atoms with Crippen LogP contribution >= 0.6 is 11.3 Å². The highest BCUT2D eigenvalue weighted by Crippen LogP contribution is 2.26. The highest BCUT2D eigenvalue weighted by atomic mass is 32.1. The van der Waals surface area contributed by atoms with Crippen molar-refractivity contribution < 1.29 is 0 Å². The van der Waals surface area contributed by atoms with Gasteiger partial charge in [-0.05, 0) is 31.5 Å². The minimum Gasteiger partial charge on any atom is -0.324 e. The van der Waals surface area contributed by atoms with E-state index in [9.17, 15) is 0 Å². The number of pyridine rings is 1. The van der Waals surface area contributed by atoms with Crippen LogP contribution in [0.25, 0.3) is 10.6 Å². The molecular weight excluding hydrogens is 294 g/mol. The summed E-state index contributed by atoms with van der Waals surface area (Å²) in [6.07, 6.45) is 6.81. The summed E-state index contributed by atoms with van der Waals surface area (Å²) in [6.45, 7) is 8.03. The predicted molar refractivity (Wildman–Crippen MR) is 91.5 cm³/mol. The molecule has 0 unspecified atom stereocenters. The van der Waals surface area contributed by atoms with Crippen molar-refractivity contribution in [2.75, 3.05) is 5.32 Å². The van der Waals surface area contributed by atoms with Gasteiger partial charge in [-0.1, -0.05) is 13.8 Å². The maximum Gasteiger partial charge on any atom is 0.150 e. The number of hydrogen-bond donors (Lipinski definition) is 1. The Morgan fingerprint density at radius 3 is 2.41 bits per heavy atom. The van der Waals surface area contributed by atoms with Gasteiger partial charge in [0.25, 0.3) is 0 Å². The van der Waals surface area contributed by atoms with Crippen molar-refractivity contribution in [3.8, 4) is 10.6 Å². The number of nitrogens with one attached hydrogen (secondary N) is 1. The number of thiazole rings is 1. The zero-order chi connectivity index (χ0) is 15.9. The molecule has 3 rings (SSSR count). The van der Waals surface area contributed by atoms with Crippen molar-refractivity contribution in [3.05, 3.63) is 47.5 Å². The van der Waals surface area contributed by atoms with E-state index in [1.165, 1.54) is 0 Å². The molecule has 1 N–H and O–H groups in total. The molecule has 0 aliphatic heterocycles. The molecule has 0 aliphatic carbocycles. The van der Waals surface area contributed by atoms with Gasteiger partial charge in [-0.2, -0.15) is 0 Å². The van der Waals surface area contributed by atoms with Gasteiger partial charge in [0.15, 0.2) is 0 Å². The summed E-state index contributed by atoms with van der Waals surface area (Å²) in [5.74, 6) is 1.43. The number of aromatic nitrogens is 4. The quantitative estimate of drug-likeness (QED) is 0.777. The van der Waals surface area contributed by atoms with E-state index >= 15 is 0 Å². The van der Waals surface area contributed by atoms with Crippen molar-refractivity contribution in [2.24, 2.45) is 0 Å². The van der Waals surface area contributed by atoms with Crippen molar-refractivity contribution >= 4 is 23.0 Å². The molecule has 22 heavy (non-hydrogen) atoms. The van der Waals surface area contributed by atoms with Crippen molar-refractivity contribution in [3.63, 3.8) is 0 Å². The lowest BCUT2D eigenvalue weighted by molar-refractivity contribution is 1.18. The summed E-state index contributed by atoms with van der Waals surface area (Å²) in [7, 11) is 0. The topological polar surface area (TPSA) is 63.6 Å². The number of nitrogens with zero attached hydrogens (tertiary/aromatic N) is 4. The fourth-order valence-corrected chi connectivity index (χ4v) is 2.57. The summed E-state index contributed by atoms with van der Waals surface area (Å²) in [5.41, 5.74) is 2.05. The molecule has 5 nitrogen and oxygen atoms in total. The van der Waals surface area contributed by atoms with Crippen LogP contribution in [0.3, 0.4) is 0 Å². The first-order chi connectivity index (χ1) is 10.7. The van der Waals surface area contributed by atoms with Crippen molar-refractivity contribution in [1.82, 2.24) is 19.9 Å². The van der Waals surface area contributed by atoms with E-state index in [1.807, 2.05) is 40.0 Å². The molecule has 3 aromatic heterocycles. The second-order valence-electron chi connectivity index (χ2n) is 4.37. The van der Waals surface area contributed by atoms with Gasteiger partial charge < -0.3 is 5.32 Å². The van der Waals surface area contributed by atoms with Gasteiger partial charge >= 0.3 is 0 Å². The first kappa shape index (κ1) is 16.0. The van der Waals surface area contributed by atoms with Crippen LogP contribution in [0, 0.1) is 13.8 Å². The molecule has 0 bridgehead atoms. The minimum atomic E-state index is 0.678.